The highest BCUT2D eigenvalue weighted by Crippen LogP contribution is 2.20. The lowest BCUT2D eigenvalue weighted by atomic mass is 10.1. The van der Waals surface area contributed by atoms with Crippen molar-refractivity contribution in [2.75, 3.05) is 31.2 Å². The van der Waals surface area contributed by atoms with Gasteiger partial charge >= 0.3 is 0 Å². The molecule has 0 amide bonds. The van der Waals surface area contributed by atoms with Gasteiger partial charge in [0.1, 0.15) is 0 Å². The lowest BCUT2D eigenvalue weighted by Gasteiger charge is -2.29. The first-order valence-electron chi connectivity index (χ1n) is 9.32. The van der Waals surface area contributed by atoms with E-state index in [9.17, 15) is 0 Å². The summed E-state index contributed by atoms with van der Waals surface area (Å²) in [7, 11) is 0. The lowest BCUT2D eigenvalue weighted by molar-refractivity contribution is 0.122. The molecule has 0 N–H and O–H groups in total. The van der Waals surface area contributed by atoms with Crippen molar-refractivity contribution in [2.24, 2.45) is 4.99 Å². The van der Waals surface area contributed by atoms with Crippen LogP contribution in [0.2, 0.25) is 0 Å². The minimum Gasteiger partial charge on any atom is -0.378 e. The van der Waals surface area contributed by atoms with Crippen LogP contribution in [-0.2, 0) is 11.2 Å². The van der Waals surface area contributed by atoms with Crippen molar-refractivity contribution in [1.82, 2.24) is 0 Å². The second kappa shape index (κ2) is 8.82. The Hall–Kier alpha value is -2.13. The number of hydrogen-bond donors (Lipinski definition) is 0. The number of benzene rings is 2. The van der Waals surface area contributed by atoms with E-state index in [4.69, 9.17) is 4.74 Å². The van der Waals surface area contributed by atoms with E-state index in [2.05, 4.69) is 66.2 Å². The molecule has 0 atom stereocenters. The zero-order valence-electron chi connectivity index (χ0n) is 15.4. The summed E-state index contributed by atoms with van der Waals surface area (Å²) in [5.41, 5.74) is 6.11. The van der Waals surface area contributed by atoms with Crippen LogP contribution in [0.3, 0.4) is 0 Å². The SMILES string of the molecule is CCCCc1ccc(N=Cc2ccc(N3CCOCC3)cc2C)cc1. The highest BCUT2D eigenvalue weighted by atomic mass is 16.5. The molecule has 0 bridgehead atoms. The van der Waals surface area contributed by atoms with Gasteiger partial charge in [-0.25, -0.2) is 0 Å². The minimum absolute atomic E-state index is 0.816. The van der Waals surface area contributed by atoms with Crippen molar-refractivity contribution in [2.45, 2.75) is 33.1 Å². The van der Waals surface area contributed by atoms with Crippen LogP contribution in [-0.4, -0.2) is 32.5 Å². The van der Waals surface area contributed by atoms with Crippen LogP contribution in [0.1, 0.15) is 36.5 Å². The molecule has 0 radical (unpaired) electrons. The molecular formula is C22H28N2O. The first kappa shape index (κ1) is 17.7. The molecule has 0 saturated carbocycles. The van der Waals surface area contributed by atoms with Crippen LogP contribution in [0.4, 0.5) is 11.4 Å². The second-order valence-corrected chi connectivity index (χ2v) is 6.67. The van der Waals surface area contributed by atoms with E-state index in [1.54, 1.807) is 0 Å². The molecule has 0 unspecified atom stereocenters. The summed E-state index contributed by atoms with van der Waals surface area (Å²) in [4.78, 5) is 7.02. The third-order valence-corrected chi connectivity index (χ3v) is 4.74. The standard InChI is InChI=1S/C22H28N2O/c1-3-4-5-19-6-9-21(10-7-19)23-17-20-8-11-22(16-18(20)2)24-12-14-25-15-13-24/h6-11,16-17H,3-5,12-15H2,1-2H3. The van der Waals surface area contributed by atoms with Crippen molar-refractivity contribution >= 4 is 17.6 Å². The molecule has 1 saturated heterocycles. The first-order valence-corrected chi connectivity index (χ1v) is 9.32. The van der Waals surface area contributed by atoms with E-state index >= 15 is 0 Å². The largest absolute Gasteiger partial charge is 0.378 e. The van der Waals surface area contributed by atoms with E-state index in [1.165, 1.54) is 35.2 Å². The maximum Gasteiger partial charge on any atom is 0.0642 e. The Morgan fingerprint density at radius 2 is 1.84 bits per heavy atom. The van der Waals surface area contributed by atoms with Crippen molar-refractivity contribution in [1.29, 1.82) is 0 Å². The summed E-state index contributed by atoms with van der Waals surface area (Å²) in [6, 6.07) is 15.2. The number of aliphatic imine (C=N–C) groups is 1. The fraction of sp³-hybridized carbons (Fsp3) is 0.409. The Morgan fingerprint density at radius 3 is 2.52 bits per heavy atom. The van der Waals surface area contributed by atoms with Crippen molar-refractivity contribution in [3.63, 3.8) is 0 Å². The van der Waals surface area contributed by atoms with Crippen molar-refractivity contribution in [3.8, 4) is 0 Å². The maximum absolute atomic E-state index is 5.43. The van der Waals surface area contributed by atoms with Crippen LogP contribution in [0.15, 0.2) is 47.5 Å². The fourth-order valence-corrected chi connectivity index (χ4v) is 3.10. The van der Waals surface area contributed by atoms with Gasteiger partial charge in [0.05, 0.1) is 18.9 Å². The minimum atomic E-state index is 0.816. The van der Waals surface area contributed by atoms with Gasteiger partial charge in [-0.1, -0.05) is 31.5 Å². The molecule has 25 heavy (non-hydrogen) atoms. The summed E-state index contributed by atoms with van der Waals surface area (Å²) < 4.78 is 5.43. The number of anilines is 1. The Bertz CT molecular complexity index is 700. The van der Waals surface area contributed by atoms with Crippen LogP contribution in [0.25, 0.3) is 0 Å². The molecule has 1 heterocycles. The summed E-state index contributed by atoms with van der Waals surface area (Å²) >= 11 is 0. The summed E-state index contributed by atoms with van der Waals surface area (Å²) in [6.45, 7) is 7.95. The van der Waals surface area contributed by atoms with E-state index in [0.29, 0.717) is 0 Å². The molecule has 0 aromatic heterocycles. The second-order valence-electron chi connectivity index (χ2n) is 6.67. The van der Waals surface area contributed by atoms with E-state index < -0.39 is 0 Å². The monoisotopic (exact) mass is 336 g/mol. The number of hydrogen-bond acceptors (Lipinski definition) is 3. The smallest absolute Gasteiger partial charge is 0.0642 e. The van der Waals surface area contributed by atoms with Crippen LogP contribution < -0.4 is 4.90 Å². The predicted octanol–water partition coefficient (Wildman–Crippen LogP) is 4.92. The number of ether oxygens (including phenoxy) is 1. The number of nitrogens with zero attached hydrogens (tertiary/aromatic N) is 2. The van der Waals surface area contributed by atoms with Crippen LogP contribution >= 0.6 is 0 Å². The quantitative estimate of drug-likeness (QED) is 0.699. The van der Waals surface area contributed by atoms with E-state index in [0.717, 1.165) is 38.4 Å². The van der Waals surface area contributed by atoms with Crippen molar-refractivity contribution < 1.29 is 4.74 Å². The molecule has 1 fully saturated rings. The highest BCUT2D eigenvalue weighted by Gasteiger charge is 2.11. The van der Waals surface area contributed by atoms with Gasteiger partial charge in [0.15, 0.2) is 0 Å². The number of unbranched alkanes of at least 4 members (excludes halogenated alkanes) is 1. The van der Waals surface area contributed by atoms with E-state index in [-0.39, 0.29) is 0 Å². The molecule has 1 aliphatic heterocycles. The van der Waals surface area contributed by atoms with Gasteiger partial charge in [0.25, 0.3) is 0 Å². The average Bonchev–Trinajstić information content (AvgIpc) is 2.67. The molecule has 3 heteroatoms. The molecule has 3 rings (SSSR count). The van der Waals surface area contributed by atoms with Gasteiger partial charge in [-0.2, -0.15) is 0 Å². The molecule has 1 aliphatic rings. The number of morpholine rings is 1. The zero-order chi connectivity index (χ0) is 17.5. The molecule has 0 spiro atoms. The normalized spacial score (nSPS) is 15.0. The Labute approximate surface area is 151 Å². The molecule has 0 aliphatic carbocycles. The number of aryl methyl sites for hydroxylation is 2. The molecule has 3 nitrogen and oxygen atoms in total. The summed E-state index contributed by atoms with van der Waals surface area (Å²) in [5.74, 6) is 0. The van der Waals surface area contributed by atoms with E-state index in [1.807, 2.05) is 6.21 Å². The maximum atomic E-state index is 5.43. The molecule has 2 aromatic carbocycles. The summed E-state index contributed by atoms with van der Waals surface area (Å²) in [5, 5.41) is 0. The van der Waals surface area contributed by atoms with Gasteiger partial charge in [-0.05, 0) is 60.7 Å². The lowest BCUT2D eigenvalue weighted by Crippen LogP contribution is -2.36. The van der Waals surface area contributed by atoms with Gasteiger partial charge in [0, 0.05) is 25.0 Å². The highest BCUT2D eigenvalue weighted by molar-refractivity contribution is 5.84. The zero-order valence-corrected chi connectivity index (χ0v) is 15.4. The molecule has 132 valence electrons. The van der Waals surface area contributed by atoms with Crippen LogP contribution in [0.5, 0.6) is 0 Å². The average molecular weight is 336 g/mol. The molecular weight excluding hydrogens is 308 g/mol. The Morgan fingerprint density at radius 1 is 1.08 bits per heavy atom. The fourth-order valence-electron chi connectivity index (χ4n) is 3.10. The predicted molar refractivity (Wildman–Crippen MR) is 107 cm³/mol. The summed E-state index contributed by atoms with van der Waals surface area (Å²) in [6.07, 6.45) is 5.61. The Balaban J connectivity index is 1.66. The van der Waals surface area contributed by atoms with Crippen LogP contribution in [0, 0.1) is 6.92 Å². The topological polar surface area (TPSA) is 24.8 Å². The van der Waals surface area contributed by atoms with Gasteiger partial charge in [-0.3, -0.25) is 4.99 Å². The number of rotatable bonds is 6. The van der Waals surface area contributed by atoms with Crippen molar-refractivity contribution in [3.05, 3.63) is 59.2 Å². The first-order chi connectivity index (χ1) is 12.3. The molecule has 2 aromatic rings. The van der Waals surface area contributed by atoms with Gasteiger partial charge in [-0.15, -0.1) is 0 Å². The third kappa shape index (κ3) is 4.93. The third-order valence-electron chi connectivity index (χ3n) is 4.74. The van der Waals surface area contributed by atoms with Gasteiger partial charge < -0.3 is 9.64 Å². The van der Waals surface area contributed by atoms with Gasteiger partial charge in [0.2, 0.25) is 0 Å². The Kier molecular flexibility index (Phi) is 6.24.